The molecule has 19 heavy (non-hydrogen) atoms. The fraction of sp³-hybridized carbons (Fsp3) is 0.500. The Bertz CT molecular complexity index is 421. The number of ether oxygens (including phenoxy) is 1. The molecule has 0 heterocycles. The van der Waals surface area contributed by atoms with Crippen molar-refractivity contribution in [3.05, 3.63) is 35.1 Å². The number of halogens is 1. The Morgan fingerprint density at radius 1 is 1.32 bits per heavy atom. The molecule has 0 fully saturated rings. The van der Waals surface area contributed by atoms with E-state index in [-0.39, 0.29) is 5.82 Å². The van der Waals surface area contributed by atoms with Crippen LogP contribution in [0.25, 0.3) is 0 Å². The number of rotatable bonds is 6. The fourth-order valence-electron chi connectivity index (χ4n) is 1.75. The van der Waals surface area contributed by atoms with Gasteiger partial charge in [0.25, 0.3) is 0 Å². The van der Waals surface area contributed by atoms with Gasteiger partial charge in [0.05, 0.1) is 6.61 Å². The first-order valence-electron chi connectivity index (χ1n) is 6.36. The highest BCUT2D eigenvalue weighted by Gasteiger charge is 2.01. The van der Waals surface area contributed by atoms with Crippen molar-refractivity contribution in [3.8, 4) is 0 Å². The van der Waals surface area contributed by atoms with E-state index in [1.807, 2.05) is 13.0 Å². The van der Waals surface area contributed by atoms with Gasteiger partial charge in [0.1, 0.15) is 5.82 Å². The van der Waals surface area contributed by atoms with Crippen molar-refractivity contribution in [2.24, 2.45) is 4.99 Å². The summed E-state index contributed by atoms with van der Waals surface area (Å²) < 4.78 is 17.9. The maximum atomic E-state index is 13.0. The molecule has 2 N–H and O–H groups in total. The van der Waals surface area contributed by atoms with Crippen LogP contribution in [0.2, 0.25) is 0 Å². The van der Waals surface area contributed by atoms with Crippen molar-refractivity contribution in [2.45, 2.75) is 13.3 Å². The monoisotopic (exact) mass is 267 g/mol. The van der Waals surface area contributed by atoms with Gasteiger partial charge in [-0.2, -0.15) is 0 Å². The van der Waals surface area contributed by atoms with Crippen LogP contribution in [0.15, 0.2) is 23.2 Å². The molecule has 1 aromatic carbocycles. The highest BCUT2D eigenvalue weighted by atomic mass is 19.1. The van der Waals surface area contributed by atoms with Crippen molar-refractivity contribution in [1.29, 1.82) is 0 Å². The lowest BCUT2D eigenvalue weighted by Gasteiger charge is -2.12. The van der Waals surface area contributed by atoms with Gasteiger partial charge in [-0.1, -0.05) is 6.07 Å². The summed E-state index contributed by atoms with van der Waals surface area (Å²) in [5.74, 6) is 0.558. The van der Waals surface area contributed by atoms with E-state index in [9.17, 15) is 4.39 Å². The molecule has 1 aromatic rings. The molecule has 0 bridgehead atoms. The van der Waals surface area contributed by atoms with E-state index in [1.165, 1.54) is 6.07 Å². The van der Waals surface area contributed by atoms with Gasteiger partial charge in [-0.3, -0.25) is 4.99 Å². The molecule has 0 amide bonds. The zero-order valence-corrected chi connectivity index (χ0v) is 11.8. The van der Waals surface area contributed by atoms with Gasteiger partial charge >= 0.3 is 0 Å². The quantitative estimate of drug-likeness (QED) is 0.466. The third kappa shape index (κ3) is 5.70. The van der Waals surface area contributed by atoms with Gasteiger partial charge in [-0.25, -0.2) is 4.39 Å². The average Bonchev–Trinajstić information content (AvgIpc) is 2.39. The molecule has 0 aliphatic heterocycles. The molecular weight excluding hydrogens is 245 g/mol. The molecule has 0 unspecified atom stereocenters. The third-order valence-electron chi connectivity index (χ3n) is 2.81. The fourth-order valence-corrected chi connectivity index (χ4v) is 1.75. The van der Waals surface area contributed by atoms with Crippen LogP contribution in [0.5, 0.6) is 0 Å². The van der Waals surface area contributed by atoms with Crippen molar-refractivity contribution < 1.29 is 9.13 Å². The number of aryl methyl sites for hydroxylation is 1. The molecule has 0 spiro atoms. The van der Waals surface area contributed by atoms with Crippen LogP contribution in [-0.2, 0) is 11.2 Å². The second-order valence-corrected chi connectivity index (χ2v) is 4.24. The zero-order chi connectivity index (χ0) is 14.1. The van der Waals surface area contributed by atoms with Crippen LogP contribution in [0.4, 0.5) is 4.39 Å². The third-order valence-corrected chi connectivity index (χ3v) is 2.81. The van der Waals surface area contributed by atoms with Gasteiger partial charge < -0.3 is 15.4 Å². The number of guanidine groups is 1. The number of nitrogens with zero attached hydrogens (tertiary/aromatic N) is 1. The summed E-state index contributed by atoms with van der Waals surface area (Å²) >= 11 is 0. The lowest BCUT2D eigenvalue weighted by molar-refractivity contribution is 0.203. The maximum absolute atomic E-state index is 13.0. The summed E-state index contributed by atoms with van der Waals surface area (Å²) in [4.78, 5) is 4.11. The molecular formula is C14H22FN3O. The topological polar surface area (TPSA) is 45.7 Å². The number of hydrogen-bond donors (Lipinski definition) is 2. The Balaban J connectivity index is 2.36. The smallest absolute Gasteiger partial charge is 0.191 e. The Morgan fingerprint density at radius 3 is 2.68 bits per heavy atom. The summed E-state index contributed by atoms with van der Waals surface area (Å²) in [6, 6.07) is 4.88. The van der Waals surface area contributed by atoms with E-state index in [1.54, 1.807) is 20.2 Å². The Kier molecular flexibility index (Phi) is 6.89. The van der Waals surface area contributed by atoms with Crippen LogP contribution in [-0.4, -0.2) is 39.8 Å². The molecule has 5 heteroatoms. The van der Waals surface area contributed by atoms with Crippen LogP contribution in [0.1, 0.15) is 11.1 Å². The normalized spacial score (nSPS) is 11.5. The Morgan fingerprint density at radius 2 is 2.05 bits per heavy atom. The largest absolute Gasteiger partial charge is 0.383 e. The maximum Gasteiger partial charge on any atom is 0.191 e. The van der Waals surface area contributed by atoms with E-state index in [0.29, 0.717) is 13.2 Å². The van der Waals surface area contributed by atoms with Gasteiger partial charge in [0, 0.05) is 27.2 Å². The summed E-state index contributed by atoms with van der Waals surface area (Å²) in [7, 11) is 3.39. The highest BCUT2D eigenvalue weighted by Crippen LogP contribution is 2.10. The summed E-state index contributed by atoms with van der Waals surface area (Å²) in [5, 5.41) is 6.34. The van der Waals surface area contributed by atoms with E-state index < -0.39 is 0 Å². The van der Waals surface area contributed by atoms with Crippen LogP contribution in [0, 0.1) is 12.7 Å². The Labute approximate surface area is 114 Å². The van der Waals surface area contributed by atoms with Crippen LogP contribution in [0.3, 0.4) is 0 Å². The second kappa shape index (κ2) is 8.48. The molecule has 0 atom stereocenters. The standard InChI is InChI=1S/C14H22FN3O/c1-11-10-13(15)5-4-12(11)6-7-17-14(16-2)18-8-9-19-3/h4-5,10H,6-9H2,1-3H3,(H2,16,17,18). The first-order chi connectivity index (χ1) is 9.17. The van der Waals surface area contributed by atoms with Gasteiger partial charge in [-0.15, -0.1) is 0 Å². The lowest BCUT2D eigenvalue weighted by Crippen LogP contribution is -2.39. The molecule has 0 saturated heterocycles. The van der Waals surface area contributed by atoms with Crippen LogP contribution >= 0.6 is 0 Å². The van der Waals surface area contributed by atoms with Crippen molar-refractivity contribution >= 4 is 5.96 Å². The predicted molar refractivity (Wildman–Crippen MR) is 76.1 cm³/mol. The number of hydrogen-bond acceptors (Lipinski definition) is 2. The molecule has 106 valence electrons. The van der Waals surface area contributed by atoms with E-state index in [2.05, 4.69) is 15.6 Å². The molecule has 0 aromatic heterocycles. The van der Waals surface area contributed by atoms with E-state index >= 15 is 0 Å². The number of methoxy groups -OCH3 is 1. The SMILES string of the molecule is CN=C(NCCOC)NCCc1ccc(F)cc1C. The molecule has 0 saturated carbocycles. The molecule has 1 rings (SSSR count). The van der Waals surface area contributed by atoms with Crippen molar-refractivity contribution in [2.75, 3.05) is 33.9 Å². The lowest BCUT2D eigenvalue weighted by atomic mass is 10.1. The van der Waals surface area contributed by atoms with Crippen molar-refractivity contribution in [3.63, 3.8) is 0 Å². The number of nitrogens with one attached hydrogen (secondary N) is 2. The summed E-state index contributed by atoms with van der Waals surface area (Å²) in [6.07, 6.45) is 0.830. The minimum atomic E-state index is -0.189. The molecule has 0 aliphatic carbocycles. The minimum Gasteiger partial charge on any atom is -0.383 e. The summed E-state index contributed by atoms with van der Waals surface area (Å²) in [6.45, 7) is 4.02. The first-order valence-corrected chi connectivity index (χ1v) is 6.36. The highest BCUT2D eigenvalue weighted by molar-refractivity contribution is 5.79. The van der Waals surface area contributed by atoms with E-state index in [4.69, 9.17) is 4.74 Å². The molecule has 0 aliphatic rings. The predicted octanol–water partition coefficient (Wildman–Crippen LogP) is 1.49. The van der Waals surface area contributed by atoms with Crippen LogP contribution < -0.4 is 10.6 Å². The number of benzene rings is 1. The van der Waals surface area contributed by atoms with Gasteiger partial charge in [0.15, 0.2) is 5.96 Å². The van der Waals surface area contributed by atoms with Gasteiger partial charge in [0.2, 0.25) is 0 Å². The summed E-state index contributed by atoms with van der Waals surface area (Å²) in [5.41, 5.74) is 2.12. The average molecular weight is 267 g/mol. The minimum absolute atomic E-state index is 0.189. The second-order valence-electron chi connectivity index (χ2n) is 4.24. The zero-order valence-electron chi connectivity index (χ0n) is 11.8. The molecule has 4 nitrogen and oxygen atoms in total. The first kappa shape index (κ1) is 15.4. The van der Waals surface area contributed by atoms with Gasteiger partial charge in [-0.05, 0) is 36.6 Å². The number of aliphatic imine (C=N–C) groups is 1. The van der Waals surface area contributed by atoms with E-state index in [0.717, 1.165) is 30.1 Å². The molecule has 0 radical (unpaired) electrons. The van der Waals surface area contributed by atoms with Crippen molar-refractivity contribution in [1.82, 2.24) is 10.6 Å². The Hall–Kier alpha value is -1.62.